The highest BCUT2D eigenvalue weighted by Gasteiger charge is 2.26. The molecule has 0 aromatic heterocycles. The van der Waals surface area contributed by atoms with Crippen LogP contribution in [0.2, 0.25) is 0 Å². The first-order chi connectivity index (χ1) is 3.70. The van der Waals surface area contributed by atoms with Gasteiger partial charge in [0.25, 0.3) is 0 Å². The van der Waals surface area contributed by atoms with Crippen molar-refractivity contribution in [2.45, 2.75) is 31.6 Å². The van der Waals surface area contributed by atoms with Crippen LogP contribution in [-0.4, -0.2) is 31.2 Å². The van der Waals surface area contributed by atoms with Crippen LogP contribution in [0.5, 0.6) is 0 Å². The standard InChI is InChI=1S/C5H11BO2/c1-3-4(7)2-5(6)8-3/h3-5,7H,2,6H2,1H3/t3-,4+,5-/m1/s1. The molecule has 0 saturated carbocycles. The minimum atomic E-state index is -0.231. The van der Waals surface area contributed by atoms with Gasteiger partial charge < -0.3 is 9.84 Å². The normalized spacial score (nSPS) is 47.5. The maximum absolute atomic E-state index is 9.04. The molecule has 0 spiro atoms. The molecule has 0 bridgehead atoms. The van der Waals surface area contributed by atoms with Crippen molar-refractivity contribution in [3.8, 4) is 0 Å². The van der Waals surface area contributed by atoms with Gasteiger partial charge in [-0.05, 0) is 13.3 Å². The van der Waals surface area contributed by atoms with Gasteiger partial charge in [0.05, 0.1) is 12.2 Å². The Balaban J connectivity index is 2.39. The van der Waals surface area contributed by atoms with Crippen LogP contribution in [0.15, 0.2) is 0 Å². The Morgan fingerprint density at radius 3 is 2.50 bits per heavy atom. The second kappa shape index (κ2) is 2.07. The third-order valence-electron chi connectivity index (χ3n) is 1.56. The molecule has 0 unspecified atom stereocenters. The van der Waals surface area contributed by atoms with Gasteiger partial charge in [0, 0.05) is 6.00 Å². The Labute approximate surface area is 50.3 Å². The summed E-state index contributed by atoms with van der Waals surface area (Å²) in [6.07, 6.45) is 0.608. The Kier molecular flexibility index (Phi) is 1.58. The first-order valence-corrected chi connectivity index (χ1v) is 3.03. The van der Waals surface area contributed by atoms with Crippen molar-refractivity contribution >= 4 is 7.85 Å². The minimum absolute atomic E-state index is 0.0463. The number of hydrogen-bond donors (Lipinski definition) is 1. The maximum Gasteiger partial charge on any atom is 0.139 e. The molecule has 46 valence electrons. The monoisotopic (exact) mass is 114 g/mol. The lowest BCUT2D eigenvalue weighted by atomic mass is 9.96. The number of ether oxygens (including phenoxy) is 1. The van der Waals surface area contributed by atoms with Crippen molar-refractivity contribution in [3.63, 3.8) is 0 Å². The fourth-order valence-electron chi connectivity index (χ4n) is 1.04. The molecule has 1 N–H and O–H groups in total. The largest absolute Gasteiger partial charge is 0.390 e. The van der Waals surface area contributed by atoms with Crippen molar-refractivity contribution in [1.29, 1.82) is 0 Å². The average Bonchev–Trinajstić information content (AvgIpc) is 1.85. The summed E-state index contributed by atoms with van der Waals surface area (Å²) in [6.45, 7) is 1.90. The summed E-state index contributed by atoms with van der Waals surface area (Å²) in [5, 5.41) is 9.04. The van der Waals surface area contributed by atoms with Crippen LogP contribution in [0.1, 0.15) is 13.3 Å². The predicted molar refractivity (Wildman–Crippen MR) is 33.5 cm³/mol. The zero-order valence-corrected chi connectivity index (χ0v) is 5.29. The smallest absolute Gasteiger partial charge is 0.139 e. The number of rotatable bonds is 0. The zero-order chi connectivity index (χ0) is 6.15. The molecule has 0 aliphatic carbocycles. The molecular formula is C5H11BO2. The van der Waals surface area contributed by atoms with Crippen LogP contribution >= 0.6 is 0 Å². The van der Waals surface area contributed by atoms with Crippen LogP contribution in [0.4, 0.5) is 0 Å². The molecule has 1 saturated heterocycles. The van der Waals surface area contributed by atoms with Gasteiger partial charge in [-0.2, -0.15) is 0 Å². The van der Waals surface area contributed by atoms with Gasteiger partial charge in [0.15, 0.2) is 0 Å². The quantitative estimate of drug-likeness (QED) is 0.414. The predicted octanol–water partition coefficient (Wildman–Crippen LogP) is -0.885. The summed E-state index contributed by atoms with van der Waals surface area (Å²) in [6, 6.07) is 0.250. The van der Waals surface area contributed by atoms with E-state index in [4.69, 9.17) is 9.84 Å². The van der Waals surface area contributed by atoms with E-state index in [0.717, 1.165) is 6.42 Å². The molecule has 1 heterocycles. The summed E-state index contributed by atoms with van der Waals surface area (Å²) < 4.78 is 5.22. The van der Waals surface area contributed by atoms with Crippen molar-refractivity contribution in [3.05, 3.63) is 0 Å². The van der Waals surface area contributed by atoms with Gasteiger partial charge in [0.1, 0.15) is 7.85 Å². The maximum atomic E-state index is 9.04. The van der Waals surface area contributed by atoms with Crippen LogP contribution in [0.25, 0.3) is 0 Å². The SMILES string of the molecule is B[C@H]1C[C@H](O)[C@@H](C)O1. The van der Waals surface area contributed by atoms with E-state index in [1.165, 1.54) is 0 Å². The molecule has 1 fully saturated rings. The van der Waals surface area contributed by atoms with Gasteiger partial charge in [-0.25, -0.2) is 0 Å². The third kappa shape index (κ3) is 1.04. The van der Waals surface area contributed by atoms with Crippen LogP contribution in [0, 0.1) is 0 Å². The van der Waals surface area contributed by atoms with E-state index in [9.17, 15) is 0 Å². The fraction of sp³-hybridized carbons (Fsp3) is 1.00. The van der Waals surface area contributed by atoms with Gasteiger partial charge in [-0.1, -0.05) is 0 Å². The molecular weight excluding hydrogens is 103 g/mol. The lowest BCUT2D eigenvalue weighted by Crippen LogP contribution is -2.15. The highest BCUT2D eigenvalue weighted by Crippen LogP contribution is 2.16. The van der Waals surface area contributed by atoms with Gasteiger partial charge in [-0.3, -0.25) is 0 Å². The second-order valence-corrected chi connectivity index (χ2v) is 2.45. The van der Waals surface area contributed by atoms with Crippen molar-refractivity contribution in [2.24, 2.45) is 0 Å². The van der Waals surface area contributed by atoms with E-state index < -0.39 is 0 Å². The van der Waals surface area contributed by atoms with Crippen LogP contribution in [-0.2, 0) is 4.74 Å². The summed E-state index contributed by atoms with van der Waals surface area (Å²) >= 11 is 0. The summed E-state index contributed by atoms with van der Waals surface area (Å²) in [5.41, 5.74) is 0. The molecule has 1 aliphatic heterocycles. The lowest BCUT2D eigenvalue weighted by molar-refractivity contribution is 0.0456. The molecule has 0 aromatic rings. The van der Waals surface area contributed by atoms with E-state index >= 15 is 0 Å². The van der Waals surface area contributed by atoms with Gasteiger partial charge in [-0.15, -0.1) is 0 Å². The van der Waals surface area contributed by atoms with E-state index in [-0.39, 0.29) is 18.2 Å². The van der Waals surface area contributed by atoms with E-state index in [0.29, 0.717) is 0 Å². The first kappa shape index (κ1) is 6.11. The summed E-state index contributed by atoms with van der Waals surface area (Å²) in [4.78, 5) is 0. The molecule has 1 aliphatic rings. The molecule has 0 amide bonds. The molecule has 2 nitrogen and oxygen atoms in total. The molecule has 3 heteroatoms. The first-order valence-electron chi connectivity index (χ1n) is 3.03. The van der Waals surface area contributed by atoms with Crippen LogP contribution in [0.3, 0.4) is 0 Å². The Bertz CT molecular complexity index is 76.5. The lowest BCUT2D eigenvalue weighted by Gasteiger charge is -2.04. The van der Waals surface area contributed by atoms with Crippen molar-refractivity contribution in [1.82, 2.24) is 0 Å². The van der Waals surface area contributed by atoms with E-state index in [1.807, 2.05) is 14.8 Å². The molecule has 3 atom stereocenters. The number of aliphatic hydroxyl groups is 1. The van der Waals surface area contributed by atoms with Gasteiger partial charge >= 0.3 is 0 Å². The minimum Gasteiger partial charge on any atom is -0.390 e. The second-order valence-electron chi connectivity index (χ2n) is 2.45. The summed E-state index contributed by atoms with van der Waals surface area (Å²) in [5.74, 6) is 0. The zero-order valence-electron chi connectivity index (χ0n) is 5.29. The molecule has 8 heavy (non-hydrogen) atoms. The number of aliphatic hydroxyl groups excluding tert-OH is 1. The van der Waals surface area contributed by atoms with E-state index in [2.05, 4.69) is 0 Å². The Hall–Kier alpha value is -0.0151. The van der Waals surface area contributed by atoms with Crippen LogP contribution < -0.4 is 0 Å². The molecule has 1 rings (SSSR count). The Morgan fingerprint density at radius 1 is 1.75 bits per heavy atom. The van der Waals surface area contributed by atoms with Gasteiger partial charge in [0.2, 0.25) is 0 Å². The Morgan fingerprint density at radius 2 is 2.38 bits per heavy atom. The molecule has 0 radical (unpaired) electrons. The topological polar surface area (TPSA) is 29.5 Å². The average molecular weight is 114 g/mol. The van der Waals surface area contributed by atoms with Crippen molar-refractivity contribution in [2.75, 3.05) is 0 Å². The third-order valence-corrected chi connectivity index (χ3v) is 1.56. The van der Waals surface area contributed by atoms with E-state index in [1.54, 1.807) is 0 Å². The van der Waals surface area contributed by atoms with Crippen molar-refractivity contribution < 1.29 is 9.84 Å². The summed E-state index contributed by atoms with van der Waals surface area (Å²) in [7, 11) is 1.98. The highest BCUT2D eigenvalue weighted by molar-refractivity contribution is 6.11. The fourth-order valence-corrected chi connectivity index (χ4v) is 1.04. The molecule has 0 aromatic carbocycles. The highest BCUT2D eigenvalue weighted by atomic mass is 16.5. The number of hydrogen-bond acceptors (Lipinski definition) is 2.